The number of carbonyl (C=O) groups is 2. The summed E-state index contributed by atoms with van der Waals surface area (Å²) >= 11 is 7.69. The highest BCUT2D eigenvalue weighted by atomic mass is 35.5. The highest BCUT2D eigenvalue weighted by molar-refractivity contribution is 8.04. The van der Waals surface area contributed by atoms with Gasteiger partial charge < -0.3 is 9.64 Å². The lowest BCUT2D eigenvalue weighted by molar-refractivity contribution is -0.149. The summed E-state index contributed by atoms with van der Waals surface area (Å²) < 4.78 is 5.07. The third-order valence-corrected chi connectivity index (χ3v) is 6.20. The van der Waals surface area contributed by atoms with Crippen LogP contribution in [-0.2, 0) is 14.3 Å². The van der Waals surface area contributed by atoms with Gasteiger partial charge in [0.25, 0.3) is 5.91 Å². The summed E-state index contributed by atoms with van der Waals surface area (Å²) in [4.78, 5) is 27.4. The molecule has 0 spiro atoms. The van der Waals surface area contributed by atoms with Crippen LogP contribution >= 0.6 is 23.4 Å². The predicted octanol–water partition coefficient (Wildman–Crippen LogP) is 4.13. The molecule has 2 unspecified atom stereocenters. The van der Waals surface area contributed by atoms with Crippen molar-refractivity contribution in [1.29, 1.82) is 0 Å². The molecule has 0 N–H and O–H groups in total. The zero-order valence-corrected chi connectivity index (χ0v) is 15.8. The van der Waals surface area contributed by atoms with Crippen molar-refractivity contribution < 1.29 is 14.3 Å². The van der Waals surface area contributed by atoms with Gasteiger partial charge in [-0.05, 0) is 43.5 Å². The summed E-state index contributed by atoms with van der Waals surface area (Å²) in [7, 11) is 0. The van der Waals surface area contributed by atoms with E-state index in [0.29, 0.717) is 21.8 Å². The van der Waals surface area contributed by atoms with Gasteiger partial charge in [0, 0.05) is 16.3 Å². The standard InChI is InChI=1S/C19H22ClNO3S/c1-2-24-18(22)12-21-15-8-3-4-9-16(15)25-17(19(21)23)11-13-6-5-7-14(20)10-13/h5-7,10-11,15-16H,2-4,8-9,12H2,1H3/b17-11-. The Balaban J connectivity index is 1.87. The van der Waals surface area contributed by atoms with E-state index in [9.17, 15) is 9.59 Å². The average molecular weight is 380 g/mol. The van der Waals surface area contributed by atoms with Crippen molar-refractivity contribution in [1.82, 2.24) is 4.90 Å². The molecule has 25 heavy (non-hydrogen) atoms. The molecule has 1 aliphatic heterocycles. The molecular weight excluding hydrogens is 358 g/mol. The van der Waals surface area contributed by atoms with Gasteiger partial charge in [-0.3, -0.25) is 9.59 Å². The number of esters is 1. The van der Waals surface area contributed by atoms with Crippen molar-refractivity contribution in [2.75, 3.05) is 13.2 Å². The lowest BCUT2D eigenvalue weighted by Crippen LogP contribution is -2.53. The molecule has 1 saturated carbocycles. The van der Waals surface area contributed by atoms with Gasteiger partial charge in [-0.2, -0.15) is 0 Å². The lowest BCUT2D eigenvalue weighted by Gasteiger charge is -2.43. The number of rotatable bonds is 4. The van der Waals surface area contributed by atoms with E-state index in [1.165, 1.54) is 6.42 Å². The number of hydrogen-bond acceptors (Lipinski definition) is 4. The molecule has 1 aliphatic carbocycles. The second-order valence-corrected chi connectivity index (χ2v) is 8.03. The van der Waals surface area contributed by atoms with Crippen LogP contribution in [-0.4, -0.2) is 41.2 Å². The van der Waals surface area contributed by atoms with E-state index in [2.05, 4.69) is 0 Å². The number of thioether (sulfide) groups is 1. The maximum Gasteiger partial charge on any atom is 0.325 e. The Morgan fingerprint density at radius 2 is 2.20 bits per heavy atom. The van der Waals surface area contributed by atoms with E-state index in [1.807, 2.05) is 30.3 Å². The Hall–Kier alpha value is -1.46. The summed E-state index contributed by atoms with van der Waals surface area (Å²) in [5.74, 6) is -0.421. The molecule has 3 rings (SSSR count). The molecule has 2 aliphatic rings. The maximum atomic E-state index is 13.0. The molecule has 1 aromatic carbocycles. The van der Waals surface area contributed by atoms with Crippen LogP contribution in [0.25, 0.3) is 6.08 Å². The van der Waals surface area contributed by atoms with Crippen molar-refractivity contribution in [3.05, 3.63) is 39.8 Å². The molecule has 4 nitrogen and oxygen atoms in total. The molecule has 2 fully saturated rings. The minimum Gasteiger partial charge on any atom is -0.465 e. The molecule has 134 valence electrons. The van der Waals surface area contributed by atoms with E-state index < -0.39 is 0 Å². The minimum atomic E-state index is -0.339. The van der Waals surface area contributed by atoms with Crippen LogP contribution in [0.4, 0.5) is 0 Å². The fourth-order valence-corrected chi connectivity index (χ4v) is 5.13. The molecule has 1 saturated heterocycles. The van der Waals surface area contributed by atoms with E-state index in [4.69, 9.17) is 16.3 Å². The Kier molecular flexibility index (Phi) is 6.07. The molecule has 0 aromatic heterocycles. The number of benzene rings is 1. The third-order valence-electron chi connectivity index (χ3n) is 4.57. The highest BCUT2D eigenvalue weighted by Gasteiger charge is 2.41. The predicted molar refractivity (Wildman–Crippen MR) is 101 cm³/mol. The fourth-order valence-electron chi connectivity index (χ4n) is 3.46. The fraction of sp³-hybridized carbons (Fsp3) is 0.474. The van der Waals surface area contributed by atoms with Crippen LogP contribution in [0.5, 0.6) is 0 Å². The first-order valence-electron chi connectivity index (χ1n) is 8.69. The van der Waals surface area contributed by atoms with Gasteiger partial charge in [0.1, 0.15) is 6.54 Å². The van der Waals surface area contributed by atoms with E-state index in [1.54, 1.807) is 23.6 Å². The number of amides is 1. The van der Waals surface area contributed by atoms with E-state index in [0.717, 1.165) is 24.8 Å². The topological polar surface area (TPSA) is 46.6 Å². The van der Waals surface area contributed by atoms with Crippen molar-refractivity contribution >= 4 is 41.3 Å². The molecular formula is C19H22ClNO3S. The first-order chi connectivity index (χ1) is 12.1. The van der Waals surface area contributed by atoms with Crippen LogP contribution < -0.4 is 0 Å². The van der Waals surface area contributed by atoms with Gasteiger partial charge >= 0.3 is 5.97 Å². The van der Waals surface area contributed by atoms with Gasteiger partial charge in [0.05, 0.1) is 11.5 Å². The lowest BCUT2D eigenvalue weighted by atomic mass is 9.93. The number of hydrogen-bond donors (Lipinski definition) is 0. The zero-order chi connectivity index (χ0) is 17.8. The summed E-state index contributed by atoms with van der Waals surface area (Å²) in [5, 5.41) is 0.979. The largest absolute Gasteiger partial charge is 0.465 e. The molecule has 0 radical (unpaired) electrons. The molecule has 1 aromatic rings. The number of halogens is 1. The monoisotopic (exact) mass is 379 g/mol. The summed E-state index contributed by atoms with van der Waals surface area (Å²) in [6.07, 6.45) is 6.16. The van der Waals surface area contributed by atoms with E-state index >= 15 is 0 Å². The van der Waals surface area contributed by atoms with Crippen molar-refractivity contribution in [3.63, 3.8) is 0 Å². The van der Waals surface area contributed by atoms with Crippen LogP contribution in [0.2, 0.25) is 5.02 Å². The first-order valence-corrected chi connectivity index (χ1v) is 9.94. The van der Waals surface area contributed by atoms with Crippen LogP contribution in [0.1, 0.15) is 38.2 Å². The highest BCUT2D eigenvalue weighted by Crippen LogP contribution is 2.42. The second-order valence-electron chi connectivity index (χ2n) is 6.31. The quantitative estimate of drug-likeness (QED) is 0.583. The number of fused-ring (bicyclic) bond motifs is 1. The van der Waals surface area contributed by atoms with Gasteiger partial charge in [-0.25, -0.2) is 0 Å². The Labute approximate surface area is 157 Å². The SMILES string of the molecule is CCOC(=O)CN1C(=O)/C(=C/c2cccc(Cl)c2)SC2CCCCC21. The Morgan fingerprint density at radius 1 is 1.40 bits per heavy atom. The van der Waals surface area contributed by atoms with Gasteiger partial charge in [0.15, 0.2) is 0 Å². The van der Waals surface area contributed by atoms with Crippen LogP contribution in [0.3, 0.4) is 0 Å². The van der Waals surface area contributed by atoms with Crippen molar-refractivity contribution in [3.8, 4) is 0 Å². The average Bonchev–Trinajstić information content (AvgIpc) is 2.59. The Bertz CT molecular complexity index is 691. The normalized spacial score (nSPS) is 25.0. The number of ether oxygens (including phenoxy) is 1. The second kappa shape index (κ2) is 8.28. The van der Waals surface area contributed by atoms with E-state index in [-0.39, 0.29) is 24.5 Å². The van der Waals surface area contributed by atoms with Gasteiger partial charge in [-0.1, -0.05) is 36.6 Å². The summed E-state index contributed by atoms with van der Waals surface area (Å²) in [6.45, 7) is 2.13. The van der Waals surface area contributed by atoms with Crippen LogP contribution in [0.15, 0.2) is 29.2 Å². The molecule has 0 bridgehead atoms. The summed E-state index contributed by atoms with van der Waals surface area (Å²) in [5.41, 5.74) is 0.897. The summed E-state index contributed by atoms with van der Waals surface area (Å²) in [6, 6.07) is 7.56. The van der Waals surface area contributed by atoms with Crippen molar-refractivity contribution in [2.45, 2.75) is 43.9 Å². The zero-order valence-electron chi connectivity index (χ0n) is 14.2. The first kappa shape index (κ1) is 18.3. The van der Waals surface area contributed by atoms with Crippen LogP contribution in [0, 0.1) is 0 Å². The maximum absolute atomic E-state index is 13.0. The van der Waals surface area contributed by atoms with Gasteiger partial charge in [0.2, 0.25) is 0 Å². The number of nitrogens with zero attached hydrogens (tertiary/aromatic N) is 1. The van der Waals surface area contributed by atoms with Gasteiger partial charge in [-0.15, -0.1) is 11.8 Å². The Morgan fingerprint density at radius 3 is 2.96 bits per heavy atom. The molecule has 6 heteroatoms. The molecule has 2 atom stereocenters. The van der Waals surface area contributed by atoms with Crippen molar-refractivity contribution in [2.24, 2.45) is 0 Å². The smallest absolute Gasteiger partial charge is 0.325 e. The third kappa shape index (κ3) is 4.39. The molecule has 1 amide bonds. The number of carbonyl (C=O) groups excluding carboxylic acids is 2. The molecule has 1 heterocycles. The minimum absolute atomic E-state index is 0.0291.